The Balaban J connectivity index is 1.39. The molecule has 0 aliphatic carbocycles. The number of fused-ring (bicyclic) bond motifs is 13. The number of rotatable bonds is 6. The molecular weight excluding hydrogens is 628 g/mol. The summed E-state index contributed by atoms with van der Waals surface area (Å²) in [5, 5.41) is 8.58. The minimum Gasteiger partial charge on any atom is -0.494 e. The van der Waals surface area contributed by atoms with E-state index < -0.39 is 53.4 Å². The van der Waals surface area contributed by atoms with Crippen LogP contribution in [0.3, 0.4) is 0 Å². The highest BCUT2D eigenvalue weighted by atomic mass is 16.6. The molecule has 4 aliphatic heterocycles. The fourth-order valence-corrected chi connectivity index (χ4v) is 6.27. The van der Waals surface area contributed by atoms with Crippen LogP contribution in [0, 0.1) is 5.92 Å². The number of Topliss-reactive ketones (excluding diaryl/α,β-unsaturated/α-hetero) is 1. The summed E-state index contributed by atoms with van der Waals surface area (Å²) in [5.41, 5.74) is 0.162. The van der Waals surface area contributed by atoms with Gasteiger partial charge in [0.25, 0.3) is 5.91 Å². The number of epoxide rings is 1. The number of hydrogen-bond acceptors (Lipinski definition) is 8. The maximum absolute atomic E-state index is 13.9. The first kappa shape index (κ1) is 35.8. The number of nitrogens with zero attached hydrogens (tertiary/aromatic N) is 1. The van der Waals surface area contributed by atoms with E-state index in [4.69, 9.17) is 14.2 Å². The van der Waals surface area contributed by atoms with Gasteiger partial charge in [0.15, 0.2) is 5.78 Å². The molecule has 12 heteroatoms. The normalized spacial score (nSPS) is 25.7. The van der Waals surface area contributed by atoms with Crippen molar-refractivity contribution in [1.29, 1.82) is 0 Å². The number of para-hydroxylation sites is 1. The number of carbonyl (C=O) groups excluding carboxylic acids is 5. The number of nitrogens with one attached hydrogen (secondary N) is 3. The van der Waals surface area contributed by atoms with Gasteiger partial charge in [0, 0.05) is 13.0 Å². The van der Waals surface area contributed by atoms with Gasteiger partial charge in [0.05, 0.1) is 31.4 Å². The molecule has 0 radical (unpaired) electrons. The Morgan fingerprint density at radius 3 is 2.37 bits per heavy atom. The summed E-state index contributed by atoms with van der Waals surface area (Å²) in [6.45, 7) is 8.71. The molecule has 0 spiro atoms. The van der Waals surface area contributed by atoms with E-state index in [1.54, 1.807) is 38.1 Å². The molecule has 2 aromatic rings. The Bertz CT molecular complexity index is 1520. The van der Waals surface area contributed by atoms with Crippen LogP contribution in [0.2, 0.25) is 0 Å². The second-order valence-electron chi connectivity index (χ2n) is 13.8. The molecule has 2 saturated heterocycles. The zero-order valence-corrected chi connectivity index (χ0v) is 28.8. The highest BCUT2D eigenvalue weighted by Crippen LogP contribution is 2.30. The topological polar surface area (TPSA) is 156 Å². The monoisotopic (exact) mass is 676 g/mol. The second kappa shape index (κ2) is 15.8. The second-order valence-corrected chi connectivity index (χ2v) is 13.8. The van der Waals surface area contributed by atoms with Crippen molar-refractivity contribution in [2.45, 2.75) is 96.0 Å². The fraction of sp³-hybridized carbons (Fsp3) is 0.541. The SMILES string of the molecule is CC(C)C[C@H](NC(=O)[C@@H]1Cc2ccc(cc2)OCCCCOc2ccccc2C(=O)NC(C)C(=O)N2CCC[C@H]2C(=O)N1)C(=O)[C@@]1(C)CO1. The van der Waals surface area contributed by atoms with Crippen LogP contribution in [-0.4, -0.2) is 90.4 Å². The molecule has 4 aliphatic rings. The summed E-state index contributed by atoms with van der Waals surface area (Å²) in [6.07, 6.45) is 2.97. The van der Waals surface area contributed by atoms with Gasteiger partial charge >= 0.3 is 0 Å². The van der Waals surface area contributed by atoms with E-state index in [0.717, 1.165) is 5.56 Å². The van der Waals surface area contributed by atoms with Crippen LogP contribution in [0.25, 0.3) is 0 Å². The Kier molecular flexibility index (Phi) is 11.6. The lowest BCUT2D eigenvalue weighted by molar-refractivity contribution is -0.140. The van der Waals surface area contributed by atoms with E-state index in [2.05, 4.69) is 16.0 Å². The molecule has 6 rings (SSSR count). The summed E-state index contributed by atoms with van der Waals surface area (Å²) in [4.78, 5) is 69.5. The van der Waals surface area contributed by atoms with Crippen LogP contribution in [0.1, 0.15) is 75.7 Å². The van der Waals surface area contributed by atoms with Crippen molar-refractivity contribution in [3.63, 3.8) is 0 Å². The first-order valence-corrected chi connectivity index (χ1v) is 17.3. The van der Waals surface area contributed by atoms with Gasteiger partial charge < -0.3 is 35.1 Å². The predicted molar refractivity (Wildman–Crippen MR) is 181 cm³/mol. The maximum atomic E-state index is 13.9. The van der Waals surface area contributed by atoms with Gasteiger partial charge in [0.1, 0.15) is 35.2 Å². The van der Waals surface area contributed by atoms with E-state index in [1.807, 2.05) is 38.1 Å². The minimum atomic E-state index is -1.03. The molecule has 5 atom stereocenters. The van der Waals surface area contributed by atoms with Crippen molar-refractivity contribution >= 4 is 29.4 Å². The van der Waals surface area contributed by atoms with Crippen molar-refractivity contribution in [2.75, 3.05) is 26.4 Å². The van der Waals surface area contributed by atoms with Crippen LogP contribution < -0.4 is 25.4 Å². The third-order valence-electron chi connectivity index (χ3n) is 9.19. The molecule has 264 valence electrons. The molecule has 2 aromatic carbocycles. The van der Waals surface area contributed by atoms with Crippen LogP contribution in [0.15, 0.2) is 48.5 Å². The first-order chi connectivity index (χ1) is 23.4. The average Bonchev–Trinajstić information content (AvgIpc) is 3.63. The number of carbonyl (C=O) groups is 5. The Morgan fingerprint density at radius 1 is 0.980 bits per heavy atom. The fourth-order valence-electron chi connectivity index (χ4n) is 6.27. The molecule has 4 heterocycles. The van der Waals surface area contributed by atoms with Crippen LogP contribution in [0.5, 0.6) is 11.5 Å². The smallest absolute Gasteiger partial charge is 0.255 e. The summed E-state index contributed by atoms with van der Waals surface area (Å²) in [7, 11) is 0. The zero-order valence-electron chi connectivity index (χ0n) is 28.8. The average molecular weight is 677 g/mol. The summed E-state index contributed by atoms with van der Waals surface area (Å²) >= 11 is 0. The lowest BCUT2D eigenvalue weighted by atomic mass is 9.93. The Morgan fingerprint density at radius 2 is 1.67 bits per heavy atom. The van der Waals surface area contributed by atoms with Gasteiger partial charge in [-0.15, -0.1) is 0 Å². The third-order valence-corrected chi connectivity index (χ3v) is 9.19. The number of ketones is 1. The van der Waals surface area contributed by atoms with Crippen LogP contribution >= 0.6 is 0 Å². The molecule has 3 N–H and O–H groups in total. The van der Waals surface area contributed by atoms with E-state index >= 15 is 0 Å². The lowest BCUT2D eigenvalue weighted by Crippen LogP contribution is -2.58. The number of benzene rings is 2. The standard InChI is InChI=1S/C37H48N4O8/c1-23(2)20-28(32(42)37(4)22-49-37)39-34(44)29-21-25-13-15-26(16-14-25)47-18-7-8-19-48-31-12-6-5-10-27(31)33(43)38-24(3)36(46)41-17-9-11-30(41)35(45)40-29/h5-6,10,12-16,23-24,28-30H,7-9,11,17-22H2,1-4H3,(H,38,43)(H,39,44)(H,40,45)/t24?,28-,29-,30-,37+/m0/s1. The quantitative estimate of drug-likeness (QED) is 0.395. The third kappa shape index (κ3) is 9.17. The van der Waals surface area contributed by atoms with E-state index in [0.29, 0.717) is 75.5 Å². The molecule has 1 unspecified atom stereocenters. The number of ether oxygens (including phenoxy) is 3. The largest absolute Gasteiger partial charge is 0.494 e. The van der Waals surface area contributed by atoms with Crippen LogP contribution in [-0.2, 0) is 30.3 Å². The molecule has 2 fully saturated rings. The van der Waals surface area contributed by atoms with Crippen molar-refractivity contribution in [2.24, 2.45) is 5.92 Å². The summed E-state index contributed by atoms with van der Waals surface area (Å²) in [6, 6.07) is 10.6. The minimum absolute atomic E-state index is 0.118. The van der Waals surface area contributed by atoms with E-state index in [9.17, 15) is 24.0 Å². The number of amides is 4. The van der Waals surface area contributed by atoms with Crippen molar-refractivity contribution in [3.8, 4) is 11.5 Å². The summed E-state index contributed by atoms with van der Waals surface area (Å²) < 4.78 is 17.2. The summed E-state index contributed by atoms with van der Waals surface area (Å²) in [5.74, 6) is -0.837. The van der Waals surface area contributed by atoms with Gasteiger partial charge in [-0.1, -0.05) is 38.1 Å². The zero-order chi connectivity index (χ0) is 35.1. The molecule has 2 bridgehead atoms. The molecule has 4 amide bonds. The molecule has 49 heavy (non-hydrogen) atoms. The van der Waals surface area contributed by atoms with E-state index in [1.165, 1.54) is 4.90 Å². The number of hydrogen-bond donors (Lipinski definition) is 3. The van der Waals surface area contributed by atoms with Crippen molar-refractivity contribution in [3.05, 3.63) is 59.7 Å². The van der Waals surface area contributed by atoms with Gasteiger partial charge in [-0.05, 0) is 81.7 Å². The maximum Gasteiger partial charge on any atom is 0.255 e. The molecule has 0 saturated carbocycles. The Hall–Kier alpha value is -4.45. The first-order valence-electron chi connectivity index (χ1n) is 17.3. The molecule has 0 aromatic heterocycles. The molecule has 12 nitrogen and oxygen atoms in total. The van der Waals surface area contributed by atoms with Gasteiger partial charge in [-0.2, -0.15) is 0 Å². The lowest BCUT2D eigenvalue weighted by Gasteiger charge is -2.29. The van der Waals surface area contributed by atoms with Crippen molar-refractivity contribution < 1.29 is 38.2 Å². The van der Waals surface area contributed by atoms with E-state index in [-0.39, 0.29) is 18.1 Å². The Labute approximate surface area is 287 Å². The van der Waals surface area contributed by atoms with Crippen LogP contribution in [0.4, 0.5) is 0 Å². The molecular formula is C37H48N4O8. The van der Waals surface area contributed by atoms with Gasteiger partial charge in [0.2, 0.25) is 17.7 Å². The predicted octanol–water partition coefficient (Wildman–Crippen LogP) is 2.96. The highest BCUT2D eigenvalue weighted by Gasteiger charge is 2.50. The van der Waals surface area contributed by atoms with Gasteiger partial charge in [-0.3, -0.25) is 24.0 Å². The van der Waals surface area contributed by atoms with Gasteiger partial charge in [-0.25, -0.2) is 0 Å². The van der Waals surface area contributed by atoms with Crippen molar-refractivity contribution in [1.82, 2.24) is 20.9 Å². The highest BCUT2D eigenvalue weighted by molar-refractivity contribution is 6.01.